The van der Waals surface area contributed by atoms with Gasteiger partial charge in [-0.25, -0.2) is 0 Å². The van der Waals surface area contributed by atoms with Crippen molar-refractivity contribution >= 4 is 11.8 Å². The number of nitrogens with one attached hydrogen (secondary N) is 1. The van der Waals surface area contributed by atoms with Gasteiger partial charge in [0.05, 0.1) is 0 Å². The molecule has 0 bridgehead atoms. The van der Waals surface area contributed by atoms with Crippen LogP contribution in [0.2, 0.25) is 0 Å². The first kappa shape index (κ1) is 17.9. The normalized spacial score (nSPS) is 22.5. The molecule has 4 heteroatoms. The predicted molar refractivity (Wildman–Crippen MR) is 102 cm³/mol. The Labute approximate surface area is 154 Å². The van der Waals surface area contributed by atoms with E-state index >= 15 is 0 Å². The second kappa shape index (κ2) is 7.16. The van der Waals surface area contributed by atoms with Gasteiger partial charge in [-0.1, -0.05) is 61.5 Å². The molecule has 1 heterocycles. The fourth-order valence-electron chi connectivity index (χ4n) is 3.41. The lowest BCUT2D eigenvalue weighted by Gasteiger charge is -2.44. The molecular weight excluding hydrogens is 324 g/mol. The average Bonchev–Trinajstić information content (AvgIpc) is 2.66. The minimum absolute atomic E-state index is 0.00274. The second-order valence-electron chi connectivity index (χ2n) is 6.93. The second-order valence-corrected chi connectivity index (χ2v) is 6.93. The zero-order valence-corrected chi connectivity index (χ0v) is 15.3. The number of carbonyl (C=O) groups is 2. The Balaban J connectivity index is 2.10. The average molecular weight is 348 g/mol. The van der Waals surface area contributed by atoms with Crippen LogP contribution in [0, 0.1) is 5.92 Å². The summed E-state index contributed by atoms with van der Waals surface area (Å²) in [5.74, 6) is -0.549. The van der Waals surface area contributed by atoms with E-state index in [2.05, 4.69) is 5.32 Å². The van der Waals surface area contributed by atoms with Crippen molar-refractivity contribution in [2.75, 3.05) is 0 Å². The van der Waals surface area contributed by atoms with Gasteiger partial charge in [0, 0.05) is 23.7 Å². The molecule has 0 aliphatic carbocycles. The first-order valence-electron chi connectivity index (χ1n) is 8.91. The molecule has 134 valence electrons. The SMILES string of the molecule is CC(C)N1C=CC(C)C(NC(=O)c2ccccc2)(c2ccccc2)C1=O. The maximum Gasteiger partial charge on any atom is 0.257 e. The number of nitrogens with zero attached hydrogens (tertiary/aromatic N) is 1. The van der Waals surface area contributed by atoms with Gasteiger partial charge in [0.25, 0.3) is 11.8 Å². The van der Waals surface area contributed by atoms with Gasteiger partial charge in [0.2, 0.25) is 0 Å². The van der Waals surface area contributed by atoms with Gasteiger partial charge in [0.1, 0.15) is 0 Å². The van der Waals surface area contributed by atoms with Gasteiger partial charge in [0.15, 0.2) is 5.54 Å². The van der Waals surface area contributed by atoms with Crippen LogP contribution in [0.25, 0.3) is 0 Å². The molecule has 2 aromatic rings. The van der Waals surface area contributed by atoms with Crippen molar-refractivity contribution in [3.8, 4) is 0 Å². The summed E-state index contributed by atoms with van der Waals surface area (Å²) in [6, 6.07) is 18.5. The molecule has 0 saturated carbocycles. The summed E-state index contributed by atoms with van der Waals surface area (Å²) in [5, 5.41) is 3.07. The molecule has 1 aliphatic rings. The molecule has 0 radical (unpaired) electrons. The fourth-order valence-corrected chi connectivity index (χ4v) is 3.41. The summed E-state index contributed by atoms with van der Waals surface area (Å²) in [5.41, 5.74) is 0.193. The van der Waals surface area contributed by atoms with Crippen molar-refractivity contribution in [3.63, 3.8) is 0 Å². The van der Waals surface area contributed by atoms with Gasteiger partial charge < -0.3 is 10.2 Å². The molecular formula is C22H24N2O2. The van der Waals surface area contributed by atoms with Crippen LogP contribution < -0.4 is 5.32 Å². The first-order chi connectivity index (χ1) is 12.5. The van der Waals surface area contributed by atoms with Crippen molar-refractivity contribution < 1.29 is 9.59 Å². The maximum absolute atomic E-state index is 13.5. The first-order valence-corrected chi connectivity index (χ1v) is 8.91. The molecule has 4 nitrogen and oxygen atoms in total. The van der Waals surface area contributed by atoms with E-state index < -0.39 is 5.54 Å². The van der Waals surface area contributed by atoms with Crippen molar-refractivity contribution in [1.82, 2.24) is 10.2 Å². The highest BCUT2D eigenvalue weighted by Crippen LogP contribution is 2.37. The Morgan fingerprint density at radius 1 is 1.04 bits per heavy atom. The smallest absolute Gasteiger partial charge is 0.257 e. The zero-order chi connectivity index (χ0) is 18.7. The Bertz CT molecular complexity index is 815. The molecule has 3 rings (SSSR count). The van der Waals surface area contributed by atoms with E-state index in [9.17, 15) is 9.59 Å². The van der Waals surface area contributed by atoms with Crippen molar-refractivity contribution in [2.24, 2.45) is 5.92 Å². The monoisotopic (exact) mass is 348 g/mol. The van der Waals surface area contributed by atoms with Crippen LogP contribution in [-0.4, -0.2) is 22.8 Å². The molecule has 0 fully saturated rings. The third-order valence-corrected chi connectivity index (χ3v) is 4.92. The molecule has 0 spiro atoms. The molecule has 0 aromatic heterocycles. The van der Waals surface area contributed by atoms with Gasteiger partial charge in [-0.2, -0.15) is 0 Å². The summed E-state index contributed by atoms with van der Waals surface area (Å²) in [6.45, 7) is 5.89. The van der Waals surface area contributed by atoms with Crippen molar-refractivity contribution in [2.45, 2.75) is 32.4 Å². The van der Waals surface area contributed by atoms with Crippen LogP contribution in [0.5, 0.6) is 0 Å². The lowest BCUT2D eigenvalue weighted by Crippen LogP contribution is -2.62. The van der Waals surface area contributed by atoms with E-state index in [0.29, 0.717) is 5.56 Å². The maximum atomic E-state index is 13.5. The molecule has 2 amide bonds. The topological polar surface area (TPSA) is 49.4 Å². The molecule has 26 heavy (non-hydrogen) atoms. The standard InChI is InChI=1S/C22H24N2O2/c1-16(2)24-15-14-17(3)22(21(24)26,19-12-8-5-9-13-19)23-20(25)18-10-6-4-7-11-18/h4-17H,1-3H3,(H,23,25). The Morgan fingerprint density at radius 3 is 2.19 bits per heavy atom. The van der Waals surface area contributed by atoms with Crippen molar-refractivity contribution in [1.29, 1.82) is 0 Å². The number of rotatable bonds is 4. The highest BCUT2D eigenvalue weighted by Gasteiger charge is 2.50. The lowest BCUT2D eigenvalue weighted by atomic mass is 9.75. The van der Waals surface area contributed by atoms with Gasteiger partial charge in [-0.3, -0.25) is 9.59 Å². The fraction of sp³-hybridized carbons (Fsp3) is 0.273. The quantitative estimate of drug-likeness (QED) is 0.916. The third-order valence-electron chi connectivity index (χ3n) is 4.92. The van der Waals surface area contributed by atoms with E-state index in [1.165, 1.54) is 0 Å². The van der Waals surface area contributed by atoms with Gasteiger partial charge in [-0.15, -0.1) is 0 Å². The highest BCUT2D eigenvalue weighted by atomic mass is 16.2. The molecule has 2 atom stereocenters. The zero-order valence-electron chi connectivity index (χ0n) is 15.3. The summed E-state index contributed by atoms with van der Waals surface area (Å²) in [6.07, 6.45) is 3.81. The summed E-state index contributed by atoms with van der Waals surface area (Å²) >= 11 is 0. The van der Waals surface area contributed by atoms with E-state index in [1.807, 2.05) is 81.6 Å². The molecule has 0 saturated heterocycles. The number of carbonyl (C=O) groups excluding carboxylic acids is 2. The summed E-state index contributed by atoms with van der Waals surface area (Å²) in [7, 11) is 0. The van der Waals surface area contributed by atoms with E-state index in [-0.39, 0.29) is 23.8 Å². The van der Waals surface area contributed by atoms with Crippen LogP contribution in [0.3, 0.4) is 0 Å². The highest BCUT2D eigenvalue weighted by molar-refractivity contribution is 6.00. The molecule has 2 unspecified atom stereocenters. The van der Waals surface area contributed by atoms with Crippen LogP contribution in [0.4, 0.5) is 0 Å². The van der Waals surface area contributed by atoms with Crippen LogP contribution in [0.15, 0.2) is 72.9 Å². The molecule has 1 aliphatic heterocycles. The molecule has 1 N–H and O–H groups in total. The lowest BCUT2D eigenvalue weighted by molar-refractivity contribution is -0.140. The van der Waals surface area contributed by atoms with Crippen LogP contribution in [-0.2, 0) is 10.3 Å². The van der Waals surface area contributed by atoms with Crippen molar-refractivity contribution in [3.05, 3.63) is 84.1 Å². The van der Waals surface area contributed by atoms with E-state index in [4.69, 9.17) is 0 Å². The van der Waals surface area contributed by atoms with Crippen LogP contribution in [0.1, 0.15) is 36.7 Å². The van der Waals surface area contributed by atoms with Crippen LogP contribution >= 0.6 is 0 Å². The third kappa shape index (κ3) is 3.03. The summed E-state index contributed by atoms with van der Waals surface area (Å²) < 4.78 is 0. The summed E-state index contributed by atoms with van der Waals surface area (Å²) in [4.78, 5) is 28.2. The number of amides is 2. The largest absolute Gasteiger partial charge is 0.333 e. The van der Waals surface area contributed by atoms with E-state index in [1.54, 1.807) is 17.0 Å². The minimum atomic E-state index is -1.13. The Hall–Kier alpha value is -2.88. The number of benzene rings is 2. The predicted octanol–water partition coefficient (Wildman–Crippen LogP) is 3.71. The number of hydrogen-bond acceptors (Lipinski definition) is 2. The van der Waals surface area contributed by atoms with Gasteiger partial charge in [-0.05, 0) is 31.5 Å². The Morgan fingerprint density at radius 2 is 1.62 bits per heavy atom. The minimum Gasteiger partial charge on any atom is -0.333 e. The van der Waals surface area contributed by atoms with Gasteiger partial charge >= 0.3 is 0 Å². The van der Waals surface area contributed by atoms with E-state index in [0.717, 1.165) is 5.56 Å². The number of hydrogen-bond donors (Lipinski definition) is 1. The molecule has 2 aromatic carbocycles. The Kier molecular flexibility index (Phi) is 4.94.